The number of carbonyl (C=O) groups is 4. The Balaban J connectivity index is 0.000000124. The number of esters is 2. The normalized spacial score (nSPS) is 29.4. The lowest BCUT2D eigenvalue weighted by atomic mass is 9.49. The van der Waals surface area contributed by atoms with Crippen LogP contribution in [0.5, 0.6) is 0 Å². The highest BCUT2D eigenvalue weighted by molar-refractivity contribution is 8.12. The summed E-state index contributed by atoms with van der Waals surface area (Å²) in [6.45, 7) is 60.2. The van der Waals surface area contributed by atoms with Gasteiger partial charge in [-0.05, 0) is 262 Å². The van der Waals surface area contributed by atoms with Crippen LogP contribution in [0.4, 0.5) is 22.7 Å². The first-order valence-corrected chi connectivity index (χ1v) is 47.3. The Labute approximate surface area is 813 Å². The van der Waals surface area contributed by atoms with Crippen LogP contribution in [0.1, 0.15) is 194 Å². The number of amides is 2. The van der Waals surface area contributed by atoms with Crippen LogP contribution < -0.4 is 19.6 Å². The van der Waals surface area contributed by atoms with Crippen molar-refractivity contribution >= 4 is 103 Å². The number of ether oxygens (including phenoxy) is 1. The minimum Gasteiger partial charge on any atom is -0.386 e. The van der Waals surface area contributed by atoms with Gasteiger partial charge >= 0.3 is 11.9 Å². The number of benzene rings is 6. The first-order valence-electron chi connectivity index (χ1n) is 45.6. The number of likely N-dealkylation sites (tertiary alicyclic amines) is 1. The van der Waals surface area contributed by atoms with Gasteiger partial charge in [0.1, 0.15) is 17.6 Å². The molecule has 2 fully saturated rings. The van der Waals surface area contributed by atoms with Crippen LogP contribution in [0.2, 0.25) is 0 Å². The Morgan fingerprint density at radius 1 is 0.412 bits per heavy atom. The maximum Gasteiger partial charge on any atom is 0.347 e. The average Bonchev–Trinajstić information content (AvgIpc) is 1.48. The molecule has 0 radical (unpaired) electrons. The van der Waals surface area contributed by atoms with Crippen molar-refractivity contribution in [2.75, 3.05) is 68.4 Å². The number of allylic oxidation sites excluding steroid dienone is 18. The Hall–Kier alpha value is -13.4. The van der Waals surface area contributed by atoms with Crippen molar-refractivity contribution < 1.29 is 23.9 Å². The number of para-hydroxylation sites is 4. The predicted molar refractivity (Wildman–Crippen MR) is 559 cm³/mol. The highest BCUT2D eigenvalue weighted by atomic mass is 32.2. The molecule has 136 heavy (non-hydrogen) atoms. The molecule has 23 rings (SSSR count). The molecule has 692 valence electrons. The van der Waals surface area contributed by atoms with Gasteiger partial charge in [-0.2, -0.15) is 10.5 Å². The molecule has 10 heterocycles. The van der Waals surface area contributed by atoms with Crippen LogP contribution in [0.3, 0.4) is 0 Å². The average molecular weight is 1840 g/mol. The second-order valence-electron chi connectivity index (χ2n) is 40.0. The predicted octanol–water partition coefficient (Wildman–Crippen LogP) is 25.9. The zero-order chi connectivity index (χ0) is 95.4. The summed E-state index contributed by atoms with van der Waals surface area (Å²) in [5.74, 6) is -1.05. The van der Waals surface area contributed by atoms with Gasteiger partial charge in [-0.3, -0.25) is 14.5 Å². The Morgan fingerprint density at radius 3 is 1.26 bits per heavy atom. The molecule has 10 aliphatic heterocycles. The fourth-order valence-electron chi connectivity index (χ4n) is 27.1. The monoisotopic (exact) mass is 1840 g/mol. The van der Waals surface area contributed by atoms with Crippen molar-refractivity contribution in [2.24, 2.45) is 16.2 Å². The number of cyclic esters (lactones) is 2. The number of hydrogen-bond acceptors (Lipinski definition) is 15. The summed E-state index contributed by atoms with van der Waals surface area (Å²) in [5.41, 5.74) is 34.5. The molecule has 0 bridgehead atoms. The fraction of sp³-hybridized carbons (Fsp3) is 0.339. The molecule has 0 spiro atoms. The lowest BCUT2D eigenvalue weighted by Gasteiger charge is -2.54. The molecule has 6 aromatic rings. The first kappa shape index (κ1) is 95.8. The van der Waals surface area contributed by atoms with E-state index in [0.717, 1.165) is 109 Å². The molecule has 7 aliphatic carbocycles. The van der Waals surface area contributed by atoms with Crippen molar-refractivity contribution in [3.05, 3.63) is 367 Å². The molecule has 2 amide bonds. The quantitative estimate of drug-likeness (QED) is 0.0530. The summed E-state index contributed by atoms with van der Waals surface area (Å²) in [4.78, 5) is 78.6. The van der Waals surface area contributed by atoms with E-state index in [0.29, 0.717) is 33.6 Å². The summed E-state index contributed by atoms with van der Waals surface area (Å²) < 4.78 is 4.72. The number of imide groups is 1. The molecule has 0 saturated carbocycles. The number of nitriles is 2. The fourth-order valence-corrected chi connectivity index (χ4v) is 30.5. The van der Waals surface area contributed by atoms with E-state index in [1.54, 1.807) is 23.5 Å². The molecular weight excluding hydrogens is 1720 g/mol. The van der Waals surface area contributed by atoms with E-state index in [-0.39, 0.29) is 62.5 Å². The largest absolute Gasteiger partial charge is 0.386 e. The SMILES string of the molecule is C.C.C.CC1=C(c2ccccc2)SC2=C3C(=O)N(CC#N)C(=O)C3=C3c4ccccc4SC3(C)C12C.CC1=CC2(C)C(=C(C)C(C)=C3C(C)=CC(C)=CC32C)C(C)=C1.CN1c2ccccc2C2=C3C(=O)OC(=O)C3=C3c4ccccc4N(C)C3(C)C21C.[C-]#[N+]C1=C2c3ccccc3N(C)C2(C)C2(C)C(=C1C#N)c1ccccc1N2C.[C-]#[N+]C1=CC2=C(C)C(C)=C3C=C(C)N(C)C3(C)C2(C)N1C. The van der Waals surface area contributed by atoms with Crippen LogP contribution in [0.15, 0.2) is 315 Å². The van der Waals surface area contributed by atoms with Crippen molar-refractivity contribution in [2.45, 2.75) is 204 Å². The van der Waals surface area contributed by atoms with Crippen LogP contribution in [-0.4, -0.2) is 125 Å². The van der Waals surface area contributed by atoms with Gasteiger partial charge in [-0.25, -0.2) is 14.4 Å². The smallest absolute Gasteiger partial charge is 0.347 e. The second kappa shape index (κ2) is 31.9. The first-order chi connectivity index (χ1) is 62.9. The van der Waals surface area contributed by atoms with Crippen molar-refractivity contribution in [1.29, 1.82) is 10.5 Å². The number of hydrogen-bond donors (Lipinski definition) is 0. The number of carbonyl (C=O) groups excluding carboxylic acids is 4. The van der Waals surface area contributed by atoms with E-state index < -0.39 is 44.3 Å². The highest BCUT2D eigenvalue weighted by Gasteiger charge is 2.71. The molecular formula is C118H123N11O5S2. The summed E-state index contributed by atoms with van der Waals surface area (Å²) >= 11 is 3.39. The zero-order valence-corrected chi connectivity index (χ0v) is 82.5. The molecule has 2 saturated heterocycles. The molecule has 17 aliphatic rings. The molecule has 18 heteroatoms. The summed E-state index contributed by atoms with van der Waals surface area (Å²) in [5, 5.41) is 19.5. The third-order valence-electron chi connectivity index (χ3n) is 35.0. The van der Waals surface area contributed by atoms with Gasteiger partial charge in [0, 0.05) is 122 Å². The molecule has 10 unspecified atom stereocenters. The van der Waals surface area contributed by atoms with E-state index in [1.165, 1.54) is 78.1 Å². The van der Waals surface area contributed by atoms with Crippen molar-refractivity contribution in [3.8, 4) is 12.1 Å². The lowest BCUT2D eigenvalue weighted by molar-refractivity contribution is -0.150. The van der Waals surface area contributed by atoms with Gasteiger partial charge < -0.3 is 39.0 Å². The minimum absolute atomic E-state index is 0. The molecule has 10 atom stereocenters. The highest BCUT2D eigenvalue weighted by Crippen LogP contribution is 2.76. The number of anilines is 4. The third-order valence-corrected chi connectivity index (χ3v) is 38.1. The standard InChI is InChI=1S/C27H20N2O2S2.C24H20N4.C24H20N2O3.C22H28.C18H23N3.3CH4/c1-15-22(16-9-5-4-6-10-16)32-23-20-19(24(30)29(14-13-28)25(20)31)21-17-11-7-8-12-18(17)33-27(21,3)26(15,23)2;1-23-20(15-10-6-8-12-18(15)27(23)4)17(14-25)22(26-3)21-16-11-7-9-13-19(16)28(5)24(21,23)2;1-23-19(13-9-5-7-11-15(13)25(23)3)17-18(22(28)29-21(17)27)20-14-10-6-8-12-16(14)26(4)24(20,23)2;1-13-9-15(3)19-17(5)18(6)20-16(4)10-14(2)12-22(20,8)21(19,7)11-13;1-11-9-14-12(2)13(3)15-10-16(19-6)21(8)18(15,5)17(14,4)20(11)7;;;/h4-12H,14H2,1-3H3;6-13H,1-2,4-5H3;5-12H,1-4H3;9-12H,1-8H3;9-10H,1-5,7-8H3;3*1H4. The molecule has 16 nitrogen and oxygen atoms in total. The van der Waals surface area contributed by atoms with E-state index in [9.17, 15) is 29.7 Å². The van der Waals surface area contributed by atoms with Gasteiger partial charge in [0.2, 0.25) is 11.5 Å². The topological polar surface area (TPSA) is 156 Å². The number of fused-ring (bicyclic) bond motifs is 27. The summed E-state index contributed by atoms with van der Waals surface area (Å²) in [6, 6.07) is 55.3. The zero-order valence-electron chi connectivity index (χ0n) is 80.9. The van der Waals surface area contributed by atoms with Gasteiger partial charge in [-0.15, -0.1) is 11.8 Å². The van der Waals surface area contributed by atoms with Gasteiger partial charge in [0.25, 0.3) is 11.8 Å². The van der Waals surface area contributed by atoms with Crippen LogP contribution in [-0.2, 0) is 23.9 Å². The number of likely N-dealkylation sites (N-methyl/N-ethyl adjacent to an activating group) is 6. The van der Waals surface area contributed by atoms with Gasteiger partial charge in [-0.1, -0.05) is 211 Å². The van der Waals surface area contributed by atoms with Crippen LogP contribution in [0, 0.1) is 52.1 Å². The van der Waals surface area contributed by atoms with Crippen molar-refractivity contribution in [1.82, 2.24) is 14.7 Å². The molecule has 0 aromatic heterocycles. The summed E-state index contributed by atoms with van der Waals surface area (Å²) in [7, 11) is 12.6. The van der Waals surface area contributed by atoms with E-state index in [2.05, 4.69) is 317 Å². The minimum atomic E-state index is -0.567. The Kier molecular flexibility index (Phi) is 22.5. The Bertz CT molecular complexity index is 7070. The number of nitrogens with zero attached hydrogens (tertiary/aromatic N) is 11. The third kappa shape index (κ3) is 11.4. The van der Waals surface area contributed by atoms with E-state index >= 15 is 0 Å². The maximum atomic E-state index is 13.6. The van der Waals surface area contributed by atoms with Crippen LogP contribution in [0.25, 0.3) is 42.5 Å². The van der Waals surface area contributed by atoms with Gasteiger partial charge in [0.15, 0.2) is 0 Å². The maximum absolute atomic E-state index is 13.6. The number of rotatable bonds is 2. The van der Waals surface area contributed by atoms with Crippen LogP contribution >= 0.6 is 23.5 Å². The second-order valence-corrected chi connectivity index (χ2v) is 42.5. The number of thioether (sulfide) groups is 2. The van der Waals surface area contributed by atoms with E-state index in [1.807, 2.05) is 103 Å². The molecule has 0 N–H and O–H groups in total. The van der Waals surface area contributed by atoms with E-state index in [4.69, 9.17) is 17.9 Å². The summed E-state index contributed by atoms with van der Waals surface area (Å²) in [6.07, 6.45) is 14.1. The molecule has 6 aromatic carbocycles. The lowest BCUT2D eigenvalue weighted by Crippen LogP contribution is -2.66. The van der Waals surface area contributed by atoms with Gasteiger partial charge in [0.05, 0.1) is 80.5 Å². The Morgan fingerprint density at radius 2 is 0.809 bits per heavy atom. The van der Waals surface area contributed by atoms with Crippen molar-refractivity contribution in [3.63, 3.8) is 0 Å².